The van der Waals surface area contributed by atoms with E-state index in [9.17, 15) is 4.79 Å². The Morgan fingerprint density at radius 2 is 1.94 bits per heavy atom. The summed E-state index contributed by atoms with van der Waals surface area (Å²) in [5.41, 5.74) is -0.362. The van der Waals surface area contributed by atoms with Crippen LogP contribution in [0.4, 0.5) is 0 Å². The summed E-state index contributed by atoms with van der Waals surface area (Å²) in [6.07, 6.45) is 1.03. The minimum Gasteiger partial charge on any atom is -0.373 e. The van der Waals surface area contributed by atoms with Gasteiger partial charge in [-0.05, 0) is 26.2 Å². The lowest BCUT2D eigenvalue weighted by Gasteiger charge is -2.27. The Morgan fingerprint density at radius 3 is 2.38 bits per heavy atom. The minimum atomic E-state index is -0.362. The molecule has 96 valence electrons. The van der Waals surface area contributed by atoms with E-state index in [-0.39, 0.29) is 11.5 Å². The highest BCUT2D eigenvalue weighted by atomic mass is 16.7. The molecule has 4 heteroatoms. The second-order valence-corrected chi connectivity index (χ2v) is 5.08. The highest BCUT2D eigenvalue weighted by Gasteiger charge is 2.20. The fourth-order valence-corrected chi connectivity index (χ4v) is 0.956. The predicted molar refractivity (Wildman–Crippen MR) is 63.9 cm³/mol. The number of hydrogen-bond acceptors (Lipinski definition) is 3. The molecule has 1 amide bonds. The van der Waals surface area contributed by atoms with Gasteiger partial charge in [0.25, 0.3) is 0 Å². The largest absolute Gasteiger partial charge is 0.373 e. The maximum absolute atomic E-state index is 10.9. The van der Waals surface area contributed by atoms with E-state index in [1.54, 1.807) is 7.05 Å². The zero-order valence-electron chi connectivity index (χ0n) is 11.4. The first-order valence-electron chi connectivity index (χ1n) is 5.76. The van der Waals surface area contributed by atoms with Gasteiger partial charge in [-0.3, -0.25) is 9.63 Å². The molecule has 0 heterocycles. The Kier molecular flexibility index (Phi) is 6.60. The van der Waals surface area contributed by atoms with Gasteiger partial charge in [0.2, 0.25) is 5.91 Å². The first kappa shape index (κ1) is 15.4. The molecule has 0 unspecified atom stereocenters. The molecule has 0 atom stereocenters. The summed E-state index contributed by atoms with van der Waals surface area (Å²) >= 11 is 0. The molecule has 0 bridgehead atoms. The molecule has 0 fully saturated rings. The monoisotopic (exact) mass is 231 g/mol. The molecule has 4 nitrogen and oxygen atoms in total. The molecule has 0 aromatic heterocycles. The summed E-state index contributed by atoms with van der Waals surface area (Å²) in [7, 11) is 1.60. The van der Waals surface area contributed by atoms with Gasteiger partial charge in [0.05, 0.1) is 5.60 Å². The molecule has 0 aliphatic carbocycles. The molecule has 16 heavy (non-hydrogen) atoms. The van der Waals surface area contributed by atoms with Crippen LogP contribution in [-0.2, 0) is 14.4 Å². The van der Waals surface area contributed by atoms with Gasteiger partial charge in [0, 0.05) is 20.6 Å². The lowest BCUT2D eigenvalue weighted by Crippen LogP contribution is -2.36. The summed E-state index contributed by atoms with van der Waals surface area (Å²) in [6, 6.07) is 0. The van der Waals surface area contributed by atoms with Gasteiger partial charge >= 0.3 is 0 Å². The van der Waals surface area contributed by atoms with E-state index in [0.717, 1.165) is 13.0 Å². The van der Waals surface area contributed by atoms with Crippen LogP contribution in [0.3, 0.4) is 0 Å². The first-order valence-corrected chi connectivity index (χ1v) is 5.76. The third kappa shape index (κ3) is 7.65. The van der Waals surface area contributed by atoms with Crippen LogP contribution in [0.5, 0.6) is 0 Å². The van der Waals surface area contributed by atoms with Crippen LogP contribution >= 0.6 is 0 Å². The van der Waals surface area contributed by atoms with E-state index in [4.69, 9.17) is 9.57 Å². The molecule has 0 saturated heterocycles. The molecule has 0 aliphatic rings. The van der Waals surface area contributed by atoms with Gasteiger partial charge in [0.1, 0.15) is 6.61 Å². The fourth-order valence-electron chi connectivity index (χ4n) is 0.956. The highest BCUT2D eigenvalue weighted by Crippen LogP contribution is 2.12. The second kappa shape index (κ2) is 6.86. The van der Waals surface area contributed by atoms with Crippen LogP contribution < -0.4 is 0 Å². The van der Waals surface area contributed by atoms with E-state index in [1.165, 1.54) is 12.0 Å². The molecule has 0 aromatic carbocycles. The van der Waals surface area contributed by atoms with E-state index in [0.29, 0.717) is 12.5 Å². The number of amides is 1. The number of hydroxylamine groups is 2. The third-order valence-electron chi connectivity index (χ3n) is 2.24. The number of ether oxygens (including phenoxy) is 1. The maximum Gasteiger partial charge on any atom is 0.242 e. The number of rotatable bonds is 7. The predicted octanol–water partition coefficient (Wildman–Crippen LogP) is 2.24. The van der Waals surface area contributed by atoms with Crippen LogP contribution in [0.25, 0.3) is 0 Å². The number of carbonyl (C=O) groups excluding carboxylic acids is 1. The van der Waals surface area contributed by atoms with Crippen LogP contribution in [-0.4, -0.2) is 36.8 Å². The normalized spacial score (nSPS) is 11.9. The van der Waals surface area contributed by atoms with Crippen molar-refractivity contribution in [3.8, 4) is 0 Å². The Balaban J connectivity index is 3.82. The van der Waals surface area contributed by atoms with Gasteiger partial charge in [0.15, 0.2) is 0 Å². The Labute approximate surface area is 98.9 Å². The van der Waals surface area contributed by atoms with Crippen LogP contribution in [0.1, 0.15) is 41.0 Å². The molecule has 0 rings (SSSR count). The lowest BCUT2D eigenvalue weighted by molar-refractivity contribution is -0.199. The van der Waals surface area contributed by atoms with Gasteiger partial charge in [-0.2, -0.15) is 0 Å². The van der Waals surface area contributed by atoms with Gasteiger partial charge in [-0.15, -0.1) is 0 Å². The zero-order chi connectivity index (χ0) is 12.8. The quantitative estimate of drug-likeness (QED) is 0.631. The van der Waals surface area contributed by atoms with Gasteiger partial charge in [-0.25, -0.2) is 5.06 Å². The van der Waals surface area contributed by atoms with Crippen molar-refractivity contribution in [2.75, 3.05) is 20.3 Å². The van der Waals surface area contributed by atoms with E-state index in [1.807, 2.05) is 13.8 Å². The Hall–Kier alpha value is -0.610. The van der Waals surface area contributed by atoms with Crippen molar-refractivity contribution in [1.82, 2.24) is 5.06 Å². The number of carbonyl (C=O) groups is 1. The molecular formula is C12H25NO3. The van der Waals surface area contributed by atoms with E-state index >= 15 is 0 Å². The summed E-state index contributed by atoms with van der Waals surface area (Å²) in [5.74, 6) is 0.523. The standard InChI is InChI=1S/C12H25NO3/c1-10(2)7-8-15-12(4,5)9-16-13(6)11(3)14/h10H,7-9H2,1-6H3. The van der Waals surface area contributed by atoms with Crippen molar-refractivity contribution < 1.29 is 14.4 Å². The number of hydrogen-bond donors (Lipinski definition) is 0. The molecule has 0 radical (unpaired) electrons. The highest BCUT2D eigenvalue weighted by molar-refractivity contribution is 5.71. The lowest BCUT2D eigenvalue weighted by atomic mass is 10.1. The molecule has 0 N–H and O–H groups in total. The summed E-state index contributed by atoms with van der Waals surface area (Å²) in [4.78, 5) is 16.2. The van der Waals surface area contributed by atoms with E-state index < -0.39 is 0 Å². The summed E-state index contributed by atoms with van der Waals surface area (Å²) in [5, 5.41) is 1.23. The second-order valence-electron chi connectivity index (χ2n) is 5.08. The zero-order valence-corrected chi connectivity index (χ0v) is 11.4. The van der Waals surface area contributed by atoms with Crippen molar-refractivity contribution in [3.05, 3.63) is 0 Å². The summed E-state index contributed by atoms with van der Waals surface area (Å²) < 4.78 is 5.71. The molecule has 0 saturated carbocycles. The van der Waals surface area contributed by atoms with E-state index in [2.05, 4.69) is 13.8 Å². The smallest absolute Gasteiger partial charge is 0.242 e. The molecule has 0 aromatic rings. The van der Waals surface area contributed by atoms with Crippen LogP contribution in [0.15, 0.2) is 0 Å². The minimum absolute atomic E-state index is 0.113. The maximum atomic E-state index is 10.9. The molecule has 0 aliphatic heterocycles. The summed E-state index contributed by atoms with van der Waals surface area (Å²) in [6.45, 7) is 10.8. The SMILES string of the molecule is CC(=O)N(C)OCC(C)(C)OCCC(C)C. The van der Waals surface area contributed by atoms with Gasteiger partial charge < -0.3 is 4.74 Å². The Morgan fingerprint density at radius 1 is 1.38 bits per heavy atom. The average Bonchev–Trinajstić information content (AvgIpc) is 2.13. The average molecular weight is 231 g/mol. The fraction of sp³-hybridized carbons (Fsp3) is 0.917. The molecular weight excluding hydrogens is 206 g/mol. The van der Waals surface area contributed by atoms with Crippen molar-refractivity contribution >= 4 is 5.91 Å². The van der Waals surface area contributed by atoms with Crippen molar-refractivity contribution in [2.45, 2.75) is 46.6 Å². The number of nitrogens with zero attached hydrogens (tertiary/aromatic N) is 1. The van der Waals surface area contributed by atoms with Crippen molar-refractivity contribution in [1.29, 1.82) is 0 Å². The van der Waals surface area contributed by atoms with Crippen LogP contribution in [0, 0.1) is 5.92 Å². The van der Waals surface area contributed by atoms with Gasteiger partial charge in [-0.1, -0.05) is 13.8 Å². The Bertz CT molecular complexity index is 214. The topological polar surface area (TPSA) is 38.8 Å². The van der Waals surface area contributed by atoms with Crippen molar-refractivity contribution in [2.24, 2.45) is 5.92 Å². The van der Waals surface area contributed by atoms with Crippen LogP contribution in [0.2, 0.25) is 0 Å². The first-order chi connectivity index (χ1) is 7.24. The third-order valence-corrected chi connectivity index (χ3v) is 2.24. The molecule has 0 spiro atoms. The van der Waals surface area contributed by atoms with Crippen molar-refractivity contribution in [3.63, 3.8) is 0 Å².